The molecule has 0 saturated carbocycles. The van der Waals surface area contributed by atoms with Gasteiger partial charge in [-0.2, -0.15) is 5.10 Å². The number of methoxy groups -OCH3 is 1. The molecule has 0 spiro atoms. The van der Waals surface area contributed by atoms with Gasteiger partial charge in [-0.3, -0.25) is 4.79 Å². The van der Waals surface area contributed by atoms with E-state index in [9.17, 15) is 13.6 Å². The topological polar surface area (TPSA) is 56.1 Å². The van der Waals surface area contributed by atoms with Crippen LogP contribution in [0.4, 0.5) is 8.78 Å². The minimum absolute atomic E-state index is 0.147. The van der Waals surface area contributed by atoms with E-state index in [4.69, 9.17) is 4.74 Å². The SMILES string of the molecule is COCc1ccc(C(=O)NC2CCCc3c2cnn3-c2ccc(F)cc2F)s1. The molecule has 146 valence electrons. The minimum Gasteiger partial charge on any atom is -0.379 e. The molecule has 1 amide bonds. The maximum atomic E-state index is 14.2. The van der Waals surface area contributed by atoms with Crippen LogP contribution in [0.5, 0.6) is 0 Å². The van der Waals surface area contributed by atoms with Crippen molar-refractivity contribution in [1.29, 1.82) is 0 Å². The van der Waals surface area contributed by atoms with E-state index in [-0.39, 0.29) is 17.6 Å². The Bertz CT molecular complexity index is 1010. The number of hydrogen-bond acceptors (Lipinski definition) is 4. The molecule has 28 heavy (non-hydrogen) atoms. The molecule has 3 aromatic rings. The zero-order valence-electron chi connectivity index (χ0n) is 15.2. The second-order valence-corrected chi connectivity index (χ2v) is 7.84. The second kappa shape index (κ2) is 7.81. The predicted molar refractivity (Wildman–Crippen MR) is 102 cm³/mol. The van der Waals surface area contributed by atoms with E-state index >= 15 is 0 Å². The molecule has 0 aliphatic heterocycles. The average molecular weight is 403 g/mol. The van der Waals surface area contributed by atoms with E-state index in [1.165, 1.54) is 28.2 Å². The van der Waals surface area contributed by atoms with Crippen LogP contribution in [0.3, 0.4) is 0 Å². The zero-order chi connectivity index (χ0) is 19.7. The molecule has 1 aromatic carbocycles. The number of benzene rings is 1. The molecule has 1 aliphatic rings. The molecule has 1 N–H and O–H groups in total. The van der Waals surface area contributed by atoms with Gasteiger partial charge in [-0.15, -0.1) is 11.3 Å². The lowest BCUT2D eigenvalue weighted by Crippen LogP contribution is -2.30. The lowest BCUT2D eigenvalue weighted by molar-refractivity contribution is 0.0937. The smallest absolute Gasteiger partial charge is 0.261 e. The number of nitrogens with zero attached hydrogens (tertiary/aromatic N) is 2. The zero-order valence-corrected chi connectivity index (χ0v) is 16.1. The van der Waals surface area contributed by atoms with Crippen LogP contribution in [0.2, 0.25) is 0 Å². The molecule has 5 nitrogen and oxygen atoms in total. The quantitative estimate of drug-likeness (QED) is 0.696. The summed E-state index contributed by atoms with van der Waals surface area (Å²) < 4.78 is 34.0. The van der Waals surface area contributed by atoms with Crippen molar-refractivity contribution >= 4 is 17.2 Å². The van der Waals surface area contributed by atoms with Gasteiger partial charge in [0.25, 0.3) is 5.91 Å². The van der Waals surface area contributed by atoms with Gasteiger partial charge in [0.1, 0.15) is 11.5 Å². The van der Waals surface area contributed by atoms with E-state index in [1.807, 2.05) is 6.07 Å². The molecule has 1 aliphatic carbocycles. The number of amides is 1. The van der Waals surface area contributed by atoms with Crippen molar-refractivity contribution in [3.63, 3.8) is 0 Å². The largest absolute Gasteiger partial charge is 0.379 e. The lowest BCUT2D eigenvalue weighted by atomic mass is 9.93. The normalized spacial score (nSPS) is 16.0. The molecule has 0 saturated heterocycles. The Hall–Kier alpha value is -2.58. The third-order valence-corrected chi connectivity index (χ3v) is 5.86. The number of halogens is 2. The summed E-state index contributed by atoms with van der Waals surface area (Å²) in [5.41, 5.74) is 1.92. The number of carbonyl (C=O) groups excluding carboxylic acids is 1. The molecule has 0 fully saturated rings. The fourth-order valence-electron chi connectivity index (χ4n) is 3.52. The Labute approximate surface area is 164 Å². The maximum absolute atomic E-state index is 14.2. The van der Waals surface area contributed by atoms with Gasteiger partial charge in [0.15, 0.2) is 5.82 Å². The molecule has 1 unspecified atom stereocenters. The molecule has 8 heteroatoms. The fraction of sp³-hybridized carbons (Fsp3) is 0.300. The summed E-state index contributed by atoms with van der Waals surface area (Å²) in [4.78, 5) is 14.2. The summed E-state index contributed by atoms with van der Waals surface area (Å²) in [6.45, 7) is 0.474. The van der Waals surface area contributed by atoms with E-state index < -0.39 is 11.6 Å². The monoisotopic (exact) mass is 403 g/mol. The van der Waals surface area contributed by atoms with Gasteiger partial charge >= 0.3 is 0 Å². The Morgan fingerprint density at radius 3 is 3.00 bits per heavy atom. The molecule has 2 heterocycles. The summed E-state index contributed by atoms with van der Waals surface area (Å²) in [6, 6.07) is 6.91. The van der Waals surface area contributed by atoms with Crippen molar-refractivity contribution in [2.75, 3.05) is 7.11 Å². The molecule has 0 radical (unpaired) electrons. The lowest BCUT2D eigenvalue weighted by Gasteiger charge is -2.24. The van der Waals surface area contributed by atoms with Crippen LogP contribution in [0, 0.1) is 11.6 Å². The van der Waals surface area contributed by atoms with E-state index in [0.717, 1.165) is 41.5 Å². The molecule has 2 aromatic heterocycles. The number of nitrogens with one attached hydrogen (secondary N) is 1. The molecular weight excluding hydrogens is 384 g/mol. The highest BCUT2D eigenvalue weighted by molar-refractivity contribution is 7.14. The highest BCUT2D eigenvalue weighted by atomic mass is 32.1. The predicted octanol–water partition coefficient (Wildman–Crippen LogP) is 4.17. The third kappa shape index (κ3) is 3.57. The van der Waals surface area contributed by atoms with E-state index in [2.05, 4.69) is 10.4 Å². The summed E-state index contributed by atoms with van der Waals surface area (Å²) in [7, 11) is 1.62. The molecule has 1 atom stereocenters. The van der Waals surface area contributed by atoms with Gasteiger partial charge in [-0.1, -0.05) is 0 Å². The van der Waals surface area contributed by atoms with Crippen LogP contribution in [0.1, 0.15) is 44.7 Å². The van der Waals surface area contributed by atoms with Crippen molar-refractivity contribution in [3.05, 3.63) is 69.2 Å². The number of fused-ring (bicyclic) bond motifs is 1. The Morgan fingerprint density at radius 1 is 1.36 bits per heavy atom. The van der Waals surface area contributed by atoms with E-state index in [1.54, 1.807) is 19.4 Å². The second-order valence-electron chi connectivity index (χ2n) is 6.67. The van der Waals surface area contributed by atoms with E-state index in [0.29, 0.717) is 11.5 Å². The average Bonchev–Trinajstić information content (AvgIpc) is 3.30. The van der Waals surface area contributed by atoms with Crippen LogP contribution >= 0.6 is 11.3 Å². The summed E-state index contributed by atoms with van der Waals surface area (Å²) in [5, 5.41) is 7.37. The summed E-state index contributed by atoms with van der Waals surface area (Å²) in [5.74, 6) is -1.44. The number of thiophene rings is 1. The van der Waals surface area contributed by atoms with Gasteiger partial charge in [0, 0.05) is 29.3 Å². The first-order valence-corrected chi connectivity index (χ1v) is 9.79. The number of ether oxygens (including phenoxy) is 1. The van der Waals surface area contributed by atoms with Crippen molar-refractivity contribution in [3.8, 4) is 5.69 Å². The van der Waals surface area contributed by atoms with Gasteiger partial charge in [0.05, 0.1) is 23.7 Å². The molecule has 0 bridgehead atoms. The summed E-state index contributed by atoms with van der Waals surface area (Å²) in [6.07, 6.45) is 4.00. The standard InChI is InChI=1S/C20H19F2N3O2S/c1-27-11-13-6-8-19(28-13)20(26)24-16-3-2-4-17-14(16)10-23-25(17)18-7-5-12(21)9-15(18)22/h5-10,16H,2-4,11H2,1H3,(H,24,26). The van der Waals surface area contributed by atoms with Crippen molar-refractivity contribution in [2.45, 2.75) is 31.9 Å². The van der Waals surface area contributed by atoms with Gasteiger partial charge in [0.2, 0.25) is 0 Å². The first kappa shape index (κ1) is 18.8. The number of aromatic nitrogens is 2. The first-order chi connectivity index (χ1) is 13.6. The van der Waals surface area contributed by atoms with Crippen LogP contribution in [0.15, 0.2) is 36.5 Å². The Balaban J connectivity index is 1.57. The van der Waals surface area contributed by atoms with Crippen LogP contribution < -0.4 is 5.32 Å². The summed E-state index contributed by atoms with van der Waals surface area (Å²) >= 11 is 1.40. The minimum atomic E-state index is -0.665. The first-order valence-electron chi connectivity index (χ1n) is 8.97. The van der Waals surface area contributed by atoms with Gasteiger partial charge < -0.3 is 10.1 Å². The number of carbonyl (C=O) groups is 1. The van der Waals surface area contributed by atoms with Crippen molar-refractivity contribution in [1.82, 2.24) is 15.1 Å². The molecular formula is C20H19F2N3O2S. The Morgan fingerprint density at radius 2 is 2.21 bits per heavy atom. The van der Waals surface area contributed by atoms with Crippen LogP contribution in [0.25, 0.3) is 5.69 Å². The van der Waals surface area contributed by atoms with Gasteiger partial charge in [-0.05, 0) is 43.5 Å². The number of rotatable bonds is 5. The van der Waals surface area contributed by atoms with Crippen molar-refractivity contribution < 1.29 is 18.3 Å². The van der Waals surface area contributed by atoms with Crippen molar-refractivity contribution in [2.24, 2.45) is 0 Å². The molecule has 4 rings (SSSR count). The third-order valence-electron chi connectivity index (χ3n) is 4.80. The Kier molecular flexibility index (Phi) is 5.23. The van der Waals surface area contributed by atoms with Gasteiger partial charge in [-0.25, -0.2) is 13.5 Å². The highest BCUT2D eigenvalue weighted by Gasteiger charge is 2.27. The fourth-order valence-corrected chi connectivity index (χ4v) is 4.40. The maximum Gasteiger partial charge on any atom is 0.261 e. The highest BCUT2D eigenvalue weighted by Crippen LogP contribution is 2.32. The number of hydrogen-bond donors (Lipinski definition) is 1. The van der Waals surface area contributed by atoms with Crippen LogP contribution in [-0.2, 0) is 17.8 Å². The van der Waals surface area contributed by atoms with Crippen LogP contribution in [-0.4, -0.2) is 22.8 Å².